The predicted octanol–water partition coefficient (Wildman–Crippen LogP) is 2.46. The van der Waals surface area contributed by atoms with Crippen LogP contribution in [-0.2, 0) is 19.1 Å². The summed E-state index contributed by atoms with van der Waals surface area (Å²) >= 11 is 1.20. The zero-order valence-corrected chi connectivity index (χ0v) is 16.7. The van der Waals surface area contributed by atoms with Gasteiger partial charge in [-0.3, -0.25) is 9.79 Å². The molecule has 0 aliphatic carbocycles. The van der Waals surface area contributed by atoms with Crippen molar-refractivity contribution >= 4 is 34.8 Å². The van der Waals surface area contributed by atoms with Crippen LogP contribution >= 0.6 is 11.8 Å². The van der Waals surface area contributed by atoms with Crippen LogP contribution in [0.5, 0.6) is 0 Å². The number of rotatable bonds is 6. The van der Waals surface area contributed by atoms with Gasteiger partial charge in [-0.1, -0.05) is 0 Å². The van der Waals surface area contributed by atoms with Crippen molar-refractivity contribution in [3.05, 3.63) is 0 Å². The monoisotopic (exact) mass is 376 g/mol. The van der Waals surface area contributed by atoms with E-state index in [9.17, 15) is 14.4 Å². The highest BCUT2D eigenvalue weighted by Gasteiger charge is 2.27. The summed E-state index contributed by atoms with van der Waals surface area (Å²) in [5.41, 5.74) is -1.39. The molecule has 9 heteroatoms. The van der Waals surface area contributed by atoms with Crippen molar-refractivity contribution in [2.45, 2.75) is 65.2 Å². The molecule has 25 heavy (non-hydrogen) atoms. The molecule has 0 heterocycles. The second kappa shape index (κ2) is 9.65. The molecule has 0 aromatic rings. The van der Waals surface area contributed by atoms with Gasteiger partial charge >= 0.3 is 18.0 Å². The number of aliphatic imine (C=N–C) groups is 1. The van der Waals surface area contributed by atoms with E-state index < -0.39 is 41.7 Å². The van der Waals surface area contributed by atoms with E-state index in [0.29, 0.717) is 5.04 Å². The largest absolute Gasteiger partial charge is 0.481 e. The Labute approximate surface area is 152 Å². The maximum atomic E-state index is 12.2. The highest BCUT2D eigenvalue weighted by Crippen LogP contribution is 2.13. The first-order valence-corrected chi connectivity index (χ1v) is 8.98. The van der Waals surface area contributed by atoms with Crippen LogP contribution < -0.4 is 5.32 Å². The minimum absolute atomic E-state index is 0.0228. The molecule has 2 N–H and O–H groups in total. The maximum absolute atomic E-state index is 12.2. The summed E-state index contributed by atoms with van der Waals surface area (Å²) in [5.74, 6) is -1.89. The quantitative estimate of drug-likeness (QED) is 0.416. The second-order valence-corrected chi connectivity index (χ2v) is 8.11. The van der Waals surface area contributed by atoms with Crippen molar-refractivity contribution in [2.75, 3.05) is 12.8 Å². The molecular formula is C16H28N2O6S. The Balaban J connectivity index is 5.06. The topological polar surface area (TPSA) is 114 Å². The lowest BCUT2D eigenvalue weighted by atomic mass is 10.1. The smallest absolute Gasteiger partial charge is 0.407 e. The van der Waals surface area contributed by atoms with Gasteiger partial charge in [-0.25, -0.2) is 9.59 Å². The number of hydrogen-bond acceptors (Lipinski definition) is 7. The Morgan fingerprint density at radius 2 is 1.60 bits per heavy atom. The number of amides is 1. The average molecular weight is 376 g/mol. The molecule has 1 amide bonds. The van der Waals surface area contributed by atoms with E-state index in [-0.39, 0.29) is 6.54 Å². The van der Waals surface area contributed by atoms with E-state index in [1.807, 2.05) is 0 Å². The van der Waals surface area contributed by atoms with E-state index in [1.165, 1.54) is 11.8 Å². The molecule has 1 atom stereocenters. The lowest BCUT2D eigenvalue weighted by Crippen LogP contribution is -2.36. The SMILES string of the molecule is CSC(CNC(=O)OC(C)(C)C)=N[C@@H](CC(=O)O)C(=O)OC(C)(C)C. The summed E-state index contributed by atoms with van der Waals surface area (Å²) in [7, 11) is 0. The Morgan fingerprint density at radius 1 is 1.08 bits per heavy atom. The fourth-order valence-electron chi connectivity index (χ4n) is 1.52. The number of ether oxygens (including phenoxy) is 2. The number of carboxylic acid groups (broad SMARTS) is 1. The van der Waals surface area contributed by atoms with E-state index in [2.05, 4.69) is 10.3 Å². The van der Waals surface area contributed by atoms with E-state index >= 15 is 0 Å². The van der Waals surface area contributed by atoms with Crippen molar-refractivity contribution in [2.24, 2.45) is 4.99 Å². The van der Waals surface area contributed by atoms with Crippen molar-refractivity contribution in [3.8, 4) is 0 Å². The lowest BCUT2D eigenvalue weighted by Gasteiger charge is -2.22. The van der Waals surface area contributed by atoms with Crippen LogP contribution in [0.25, 0.3) is 0 Å². The average Bonchev–Trinajstić information content (AvgIpc) is 2.37. The van der Waals surface area contributed by atoms with Gasteiger partial charge in [0.1, 0.15) is 11.2 Å². The molecule has 0 rings (SSSR count). The number of esters is 1. The van der Waals surface area contributed by atoms with Crippen LogP contribution in [0.15, 0.2) is 4.99 Å². The van der Waals surface area contributed by atoms with Gasteiger partial charge in [0.25, 0.3) is 0 Å². The highest BCUT2D eigenvalue weighted by atomic mass is 32.2. The molecular weight excluding hydrogens is 348 g/mol. The molecule has 8 nitrogen and oxygen atoms in total. The first-order valence-electron chi connectivity index (χ1n) is 7.75. The van der Waals surface area contributed by atoms with Crippen LogP contribution in [0.1, 0.15) is 48.0 Å². The Hall–Kier alpha value is -1.77. The summed E-state index contributed by atoms with van der Waals surface area (Å²) in [6.45, 7) is 10.3. The minimum atomic E-state index is -1.18. The summed E-state index contributed by atoms with van der Waals surface area (Å²) in [5, 5.41) is 11.9. The van der Waals surface area contributed by atoms with Gasteiger partial charge in [0, 0.05) is 0 Å². The number of alkyl carbamates (subject to hydrolysis) is 1. The molecule has 0 saturated heterocycles. The fourth-order valence-corrected chi connectivity index (χ4v) is 1.97. The number of nitrogens with one attached hydrogen (secondary N) is 1. The minimum Gasteiger partial charge on any atom is -0.481 e. The van der Waals surface area contributed by atoms with Crippen molar-refractivity contribution in [1.29, 1.82) is 0 Å². The Bertz CT molecular complexity index is 520. The zero-order valence-electron chi connectivity index (χ0n) is 15.8. The van der Waals surface area contributed by atoms with Gasteiger partial charge in [0.15, 0.2) is 6.04 Å². The molecule has 0 aromatic carbocycles. The van der Waals surface area contributed by atoms with Crippen molar-refractivity contribution < 1.29 is 29.0 Å². The molecule has 0 aliphatic heterocycles. The first kappa shape index (κ1) is 23.2. The molecule has 0 unspecified atom stereocenters. The number of thioether (sulfide) groups is 1. The van der Waals surface area contributed by atoms with Crippen LogP contribution in [0.3, 0.4) is 0 Å². The number of carboxylic acids is 1. The Morgan fingerprint density at radius 3 is 2.00 bits per heavy atom. The van der Waals surface area contributed by atoms with Crippen molar-refractivity contribution in [1.82, 2.24) is 5.32 Å². The molecule has 0 fully saturated rings. The van der Waals surface area contributed by atoms with E-state index in [4.69, 9.17) is 14.6 Å². The molecule has 144 valence electrons. The fraction of sp³-hybridized carbons (Fsp3) is 0.750. The number of nitrogens with zero attached hydrogens (tertiary/aromatic N) is 1. The maximum Gasteiger partial charge on any atom is 0.407 e. The number of carbonyl (C=O) groups excluding carboxylic acids is 2. The van der Waals surface area contributed by atoms with Gasteiger partial charge in [-0.15, -0.1) is 11.8 Å². The van der Waals surface area contributed by atoms with Gasteiger partial charge in [0.05, 0.1) is 18.0 Å². The Kier molecular flexibility index (Phi) is 8.96. The van der Waals surface area contributed by atoms with Gasteiger partial charge in [-0.2, -0.15) is 0 Å². The molecule has 0 saturated carbocycles. The third-order valence-electron chi connectivity index (χ3n) is 2.37. The van der Waals surface area contributed by atoms with Crippen LogP contribution in [0, 0.1) is 0 Å². The van der Waals surface area contributed by atoms with Gasteiger partial charge in [-0.05, 0) is 47.8 Å². The number of aliphatic carboxylic acids is 1. The van der Waals surface area contributed by atoms with Crippen molar-refractivity contribution in [3.63, 3.8) is 0 Å². The van der Waals surface area contributed by atoms with Gasteiger partial charge in [0.2, 0.25) is 0 Å². The summed E-state index contributed by atoms with van der Waals surface area (Å²) in [6.07, 6.45) is 0.592. The van der Waals surface area contributed by atoms with Crippen LogP contribution in [0.2, 0.25) is 0 Å². The third-order valence-corrected chi connectivity index (χ3v) is 3.09. The molecule has 0 bridgehead atoms. The molecule has 0 aromatic heterocycles. The van der Waals surface area contributed by atoms with E-state index in [1.54, 1.807) is 47.8 Å². The predicted molar refractivity (Wildman–Crippen MR) is 97.1 cm³/mol. The molecule has 0 aliphatic rings. The summed E-state index contributed by atoms with van der Waals surface area (Å²) < 4.78 is 10.3. The number of carbonyl (C=O) groups is 3. The van der Waals surface area contributed by atoms with E-state index in [0.717, 1.165) is 0 Å². The standard InChI is InChI=1S/C16H28N2O6S/c1-15(2,3)23-13(21)10(8-12(19)20)18-11(25-7)9-17-14(22)24-16(4,5)6/h10H,8-9H2,1-7H3,(H,17,22)(H,19,20)/t10-/m0/s1. The zero-order chi connectivity index (χ0) is 19.8. The highest BCUT2D eigenvalue weighted by molar-refractivity contribution is 8.13. The summed E-state index contributed by atoms with van der Waals surface area (Å²) in [6, 6.07) is -1.18. The first-order chi connectivity index (χ1) is 11.2. The normalized spacial score (nSPS) is 13.8. The second-order valence-electron chi connectivity index (χ2n) is 7.23. The summed E-state index contributed by atoms with van der Waals surface area (Å²) in [4.78, 5) is 39.0. The molecule has 0 radical (unpaired) electrons. The lowest BCUT2D eigenvalue weighted by molar-refractivity contribution is -0.158. The molecule has 0 spiro atoms. The van der Waals surface area contributed by atoms with Crippen LogP contribution in [0.4, 0.5) is 4.79 Å². The third kappa shape index (κ3) is 12.3. The van der Waals surface area contributed by atoms with Crippen LogP contribution in [-0.4, -0.2) is 58.2 Å². The number of hydrogen-bond donors (Lipinski definition) is 2. The van der Waals surface area contributed by atoms with Gasteiger partial charge < -0.3 is 19.9 Å².